The molecule has 0 saturated heterocycles. The van der Waals surface area contributed by atoms with E-state index in [9.17, 15) is 4.79 Å². The number of hydrogen-bond donors (Lipinski definition) is 1. The summed E-state index contributed by atoms with van der Waals surface area (Å²) in [6, 6.07) is 9.61. The molecule has 5 heteroatoms. The zero-order valence-corrected chi connectivity index (χ0v) is 11.5. The summed E-state index contributed by atoms with van der Waals surface area (Å²) in [5, 5.41) is 9.92. The van der Waals surface area contributed by atoms with E-state index in [1.165, 1.54) is 12.1 Å². The lowest BCUT2D eigenvalue weighted by molar-refractivity contribution is 0.0694. The van der Waals surface area contributed by atoms with Gasteiger partial charge in [-0.15, -0.1) is 0 Å². The van der Waals surface area contributed by atoms with Gasteiger partial charge in [0.2, 0.25) is 0 Å². The third-order valence-electron chi connectivity index (χ3n) is 2.48. The molecule has 0 fully saturated rings. The Morgan fingerprint density at radius 3 is 2.47 bits per heavy atom. The minimum atomic E-state index is -1.06. The van der Waals surface area contributed by atoms with Crippen molar-refractivity contribution in [2.24, 2.45) is 0 Å². The van der Waals surface area contributed by atoms with Crippen molar-refractivity contribution in [3.8, 4) is 11.5 Å². The predicted octanol–water partition coefficient (Wildman–Crippen LogP) is 4.79. The highest BCUT2D eigenvalue weighted by Crippen LogP contribution is 2.33. The Bertz CT molecular complexity index is 639. The second-order valence-electron chi connectivity index (χ2n) is 3.98. The zero-order valence-electron chi connectivity index (χ0n) is 9.98. The fourth-order valence-electron chi connectivity index (χ4n) is 1.57. The number of carboxylic acids is 1. The largest absolute Gasteiger partial charge is 0.478 e. The molecule has 2 rings (SSSR count). The third kappa shape index (κ3) is 3.19. The van der Waals surface area contributed by atoms with Crippen LogP contribution < -0.4 is 4.74 Å². The highest BCUT2D eigenvalue weighted by atomic mass is 35.5. The average Bonchev–Trinajstić information content (AvgIpc) is 2.32. The molecule has 2 aromatic carbocycles. The minimum absolute atomic E-state index is 0.0802. The number of carboxylic acid groups (broad SMARTS) is 1. The van der Waals surface area contributed by atoms with E-state index in [-0.39, 0.29) is 11.3 Å². The quantitative estimate of drug-likeness (QED) is 0.885. The predicted molar refractivity (Wildman–Crippen MR) is 74.7 cm³/mol. The van der Waals surface area contributed by atoms with Gasteiger partial charge in [0.25, 0.3) is 0 Å². The summed E-state index contributed by atoms with van der Waals surface area (Å²) in [4.78, 5) is 11.1. The van der Waals surface area contributed by atoms with Crippen molar-refractivity contribution in [1.82, 2.24) is 0 Å². The molecule has 0 spiro atoms. The zero-order chi connectivity index (χ0) is 14.0. The van der Waals surface area contributed by atoms with Crippen LogP contribution in [0.3, 0.4) is 0 Å². The second kappa shape index (κ2) is 5.51. The first-order valence-corrected chi connectivity index (χ1v) is 6.20. The third-order valence-corrected chi connectivity index (χ3v) is 3.01. The van der Waals surface area contributed by atoms with Gasteiger partial charge >= 0.3 is 5.97 Å². The minimum Gasteiger partial charge on any atom is -0.478 e. The molecular formula is C14H10Cl2O3. The van der Waals surface area contributed by atoms with Crippen LogP contribution >= 0.6 is 23.2 Å². The van der Waals surface area contributed by atoms with Crippen LogP contribution in [0, 0.1) is 6.92 Å². The number of carbonyl (C=O) groups is 1. The van der Waals surface area contributed by atoms with Gasteiger partial charge in [-0.2, -0.15) is 0 Å². The van der Waals surface area contributed by atoms with E-state index in [0.717, 1.165) is 5.56 Å². The van der Waals surface area contributed by atoms with Crippen LogP contribution in [0.2, 0.25) is 10.0 Å². The Hall–Kier alpha value is -1.71. The van der Waals surface area contributed by atoms with E-state index in [4.69, 9.17) is 33.0 Å². The smallest absolute Gasteiger partial charge is 0.339 e. The number of hydrogen-bond acceptors (Lipinski definition) is 2. The second-order valence-corrected chi connectivity index (χ2v) is 4.83. The monoisotopic (exact) mass is 296 g/mol. The highest BCUT2D eigenvalue weighted by molar-refractivity contribution is 6.35. The lowest BCUT2D eigenvalue weighted by atomic mass is 10.1. The Balaban J connectivity index is 2.42. The van der Waals surface area contributed by atoms with Gasteiger partial charge in [0, 0.05) is 5.02 Å². The fourth-order valence-corrected chi connectivity index (χ4v) is 2.01. The van der Waals surface area contributed by atoms with Gasteiger partial charge in [0.05, 0.1) is 5.02 Å². The van der Waals surface area contributed by atoms with Gasteiger partial charge in [-0.3, -0.25) is 0 Å². The van der Waals surface area contributed by atoms with Crippen molar-refractivity contribution < 1.29 is 14.6 Å². The molecule has 0 unspecified atom stereocenters. The van der Waals surface area contributed by atoms with E-state index in [1.54, 1.807) is 24.3 Å². The van der Waals surface area contributed by atoms with E-state index in [1.807, 2.05) is 6.92 Å². The number of rotatable bonds is 3. The molecule has 1 N–H and O–H groups in total. The molecule has 98 valence electrons. The molecule has 0 aliphatic heterocycles. The maximum absolute atomic E-state index is 11.1. The fraction of sp³-hybridized carbons (Fsp3) is 0.0714. The van der Waals surface area contributed by atoms with Crippen molar-refractivity contribution in [3.05, 3.63) is 57.6 Å². The molecule has 0 amide bonds. The normalized spacial score (nSPS) is 10.3. The summed E-state index contributed by atoms with van der Waals surface area (Å²) >= 11 is 11.8. The average molecular weight is 297 g/mol. The summed E-state index contributed by atoms with van der Waals surface area (Å²) < 4.78 is 5.57. The van der Waals surface area contributed by atoms with E-state index < -0.39 is 5.97 Å². The molecule has 0 radical (unpaired) electrons. The van der Waals surface area contributed by atoms with Crippen molar-refractivity contribution in [3.63, 3.8) is 0 Å². The first kappa shape index (κ1) is 13.7. The van der Waals surface area contributed by atoms with Crippen LogP contribution in [0.15, 0.2) is 36.4 Å². The molecule has 0 atom stereocenters. The SMILES string of the molecule is Cc1ccc(C(=O)O)c(Oc2ccc(Cl)cc2Cl)c1. The lowest BCUT2D eigenvalue weighted by Gasteiger charge is -2.11. The van der Waals surface area contributed by atoms with Crippen molar-refractivity contribution in [2.75, 3.05) is 0 Å². The molecule has 19 heavy (non-hydrogen) atoms. The number of aryl methyl sites for hydroxylation is 1. The molecule has 3 nitrogen and oxygen atoms in total. The topological polar surface area (TPSA) is 46.5 Å². The lowest BCUT2D eigenvalue weighted by Crippen LogP contribution is -2.00. The maximum atomic E-state index is 11.1. The number of ether oxygens (including phenoxy) is 1. The maximum Gasteiger partial charge on any atom is 0.339 e. The summed E-state index contributed by atoms with van der Waals surface area (Å²) in [6.45, 7) is 1.85. The Morgan fingerprint density at radius 2 is 1.84 bits per heavy atom. The molecule has 0 heterocycles. The van der Waals surface area contributed by atoms with Gasteiger partial charge in [-0.05, 0) is 42.8 Å². The summed E-state index contributed by atoms with van der Waals surface area (Å²) in [5.74, 6) is -0.448. The molecule has 0 saturated carbocycles. The first-order valence-electron chi connectivity index (χ1n) is 5.44. The summed E-state index contributed by atoms with van der Waals surface area (Å²) in [7, 11) is 0. The summed E-state index contributed by atoms with van der Waals surface area (Å²) in [6.07, 6.45) is 0. The molecule has 0 aliphatic rings. The van der Waals surface area contributed by atoms with Crippen molar-refractivity contribution in [1.29, 1.82) is 0 Å². The van der Waals surface area contributed by atoms with Crippen LogP contribution in [0.5, 0.6) is 11.5 Å². The first-order chi connectivity index (χ1) is 8.97. The van der Waals surface area contributed by atoms with E-state index in [2.05, 4.69) is 0 Å². The Labute approximate surface area is 120 Å². The number of aromatic carboxylic acids is 1. The Morgan fingerprint density at radius 1 is 1.11 bits per heavy atom. The highest BCUT2D eigenvalue weighted by Gasteiger charge is 2.13. The van der Waals surface area contributed by atoms with E-state index >= 15 is 0 Å². The van der Waals surface area contributed by atoms with Gasteiger partial charge in [0.1, 0.15) is 17.1 Å². The van der Waals surface area contributed by atoms with Gasteiger partial charge in [-0.1, -0.05) is 29.3 Å². The van der Waals surface area contributed by atoms with Gasteiger partial charge in [-0.25, -0.2) is 4.79 Å². The summed E-state index contributed by atoms with van der Waals surface area (Å²) in [5.41, 5.74) is 0.974. The molecule has 2 aromatic rings. The van der Waals surface area contributed by atoms with Crippen molar-refractivity contribution in [2.45, 2.75) is 6.92 Å². The van der Waals surface area contributed by atoms with Crippen LogP contribution in [-0.4, -0.2) is 11.1 Å². The number of benzene rings is 2. The van der Waals surface area contributed by atoms with Crippen LogP contribution in [-0.2, 0) is 0 Å². The number of halogens is 2. The van der Waals surface area contributed by atoms with Gasteiger partial charge < -0.3 is 9.84 Å². The van der Waals surface area contributed by atoms with Gasteiger partial charge in [0.15, 0.2) is 0 Å². The Kier molecular flexibility index (Phi) is 3.98. The molecule has 0 aromatic heterocycles. The van der Waals surface area contributed by atoms with Crippen LogP contribution in [0.1, 0.15) is 15.9 Å². The van der Waals surface area contributed by atoms with Crippen LogP contribution in [0.4, 0.5) is 0 Å². The van der Waals surface area contributed by atoms with Crippen molar-refractivity contribution >= 4 is 29.2 Å². The van der Waals surface area contributed by atoms with Crippen LogP contribution in [0.25, 0.3) is 0 Å². The van der Waals surface area contributed by atoms with E-state index in [0.29, 0.717) is 15.8 Å². The standard InChI is InChI=1S/C14H10Cl2O3/c1-8-2-4-10(14(17)18)13(6-8)19-12-5-3-9(15)7-11(12)16/h2-7H,1H3,(H,17,18). The molecular weight excluding hydrogens is 287 g/mol. The molecule has 0 aliphatic carbocycles. The molecule has 0 bridgehead atoms.